The van der Waals surface area contributed by atoms with E-state index in [1.807, 2.05) is 0 Å². The van der Waals surface area contributed by atoms with Gasteiger partial charge >= 0.3 is 0 Å². The smallest absolute Gasteiger partial charge is 0.0221 e. The van der Waals surface area contributed by atoms with Crippen LogP contribution in [0.2, 0.25) is 0 Å². The molecule has 1 aromatic carbocycles. The van der Waals surface area contributed by atoms with Crippen LogP contribution in [0.25, 0.3) is 0 Å². The number of hydrogen-bond acceptors (Lipinski definition) is 2. The average molecular weight is 323 g/mol. The minimum absolute atomic E-state index is 0.755. The molecule has 0 bridgehead atoms. The van der Waals surface area contributed by atoms with E-state index in [0.717, 1.165) is 12.0 Å². The fourth-order valence-corrected chi connectivity index (χ4v) is 3.92. The topological polar surface area (TPSA) is 15.3 Å². The molecule has 104 valence electrons. The lowest BCUT2D eigenvalue weighted by Gasteiger charge is -2.39. The molecular formula is C16H23BrN2. The van der Waals surface area contributed by atoms with Crippen LogP contribution < -0.4 is 5.32 Å². The van der Waals surface area contributed by atoms with Crippen molar-refractivity contribution < 1.29 is 0 Å². The molecule has 0 radical (unpaired) electrons. The summed E-state index contributed by atoms with van der Waals surface area (Å²) in [5.74, 6) is 0.755. The highest BCUT2D eigenvalue weighted by Gasteiger charge is 2.26. The van der Waals surface area contributed by atoms with Crippen molar-refractivity contribution in [3.8, 4) is 0 Å². The molecule has 0 amide bonds. The Balaban J connectivity index is 1.57. The van der Waals surface area contributed by atoms with E-state index in [4.69, 9.17) is 0 Å². The van der Waals surface area contributed by atoms with Gasteiger partial charge in [0.05, 0.1) is 0 Å². The molecule has 2 heterocycles. The van der Waals surface area contributed by atoms with Crippen LogP contribution in [0.4, 0.5) is 0 Å². The maximum absolute atomic E-state index is 3.58. The zero-order valence-corrected chi connectivity index (χ0v) is 13.0. The zero-order chi connectivity index (χ0) is 13.1. The monoisotopic (exact) mass is 322 g/mol. The zero-order valence-electron chi connectivity index (χ0n) is 11.4. The van der Waals surface area contributed by atoms with Gasteiger partial charge in [0.15, 0.2) is 0 Å². The molecule has 3 rings (SSSR count). The largest absolute Gasteiger partial charge is 0.315 e. The number of benzene rings is 1. The Morgan fingerprint density at radius 3 is 2.68 bits per heavy atom. The van der Waals surface area contributed by atoms with Crippen LogP contribution in [0.15, 0.2) is 28.7 Å². The number of likely N-dealkylation sites (tertiary alicyclic amines) is 1. The minimum atomic E-state index is 0.755. The minimum Gasteiger partial charge on any atom is -0.315 e. The van der Waals surface area contributed by atoms with E-state index in [1.54, 1.807) is 0 Å². The highest BCUT2D eigenvalue weighted by atomic mass is 79.9. The van der Waals surface area contributed by atoms with E-state index in [1.165, 1.54) is 61.9 Å². The molecule has 2 aliphatic heterocycles. The number of rotatable bonds is 2. The Hall–Kier alpha value is -0.380. The first-order chi connectivity index (χ1) is 9.33. The van der Waals surface area contributed by atoms with Gasteiger partial charge in [0, 0.05) is 17.1 Å². The molecular weight excluding hydrogens is 300 g/mol. The van der Waals surface area contributed by atoms with Crippen LogP contribution in [0.3, 0.4) is 0 Å². The predicted octanol–water partition coefficient (Wildman–Crippen LogP) is 3.38. The molecule has 2 aliphatic rings. The predicted molar refractivity (Wildman–Crippen MR) is 83.6 cm³/mol. The van der Waals surface area contributed by atoms with Crippen LogP contribution in [0.1, 0.15) is 37.2 Å². The van der Waals surface area contributed by atoms with Gasteiger partial charge in [-0.05, 0) is 68.9 Å². The SMILES string of the molecule is Brc1cccc(C2CCN(C3CCCNC3)CC2)c1. The second-order valence-corrected chi connectivity index (χ2v) is 6.78. The highest BCUT2D eigenvalue weighted by molar-refractivity contribution is 9.10. The van der Waals surface area contributed by atoms with Crippen LogP contribution in [0.5, 0.6) is 0 Å². The van der Waals surface area contributed by atoms with E-state index in [-0.39, 0.29) is 0 Å². The van der Waals surface area contributed by atoms with Crippen molar-refractivity contribution >= 4 is 15.9 Å². The third-order valence-corrected chi connectivity index (χ3v) is 5.13. The van der Waals surface area contributed by atoms with Crippen LogP contribution in [-0.2, 0) is 0 Å². The van der Waals surface area contributed by atoms with Crippen LogP contribution in [0, 0.1) is 0 Å². The van der Waals surface area contributed by atoms with Gasteiger partial charge in [-0.25, -0.2) is 0 Å². The summed E-state index contributed by atoms with van der Waals surface area (Å²) < 4.78 is 1.21. The third-order valence-electron chi connectivity index (χ3n) is 4.64. The third kappa shape index (κ3) is 3.39. The van der Waals surface area contributed by atoms with Gasteiger partial charge in [0.25, 0.3) is 0 Å². The van der Waals surface area contributed by atoms with E-state index >= 15 is 0 Å². The molecule has 1 atom stereocenters. The molecule has 2 nitrogen and oxygen atoms in total. The van der Waals surface area contributed by atoms with Crippen molar-refractivity contribution in [1.82, 2.24) is 10.2 Å². The summed E-state index contributed by atoms with van der Waals surface area (Å²) in [6.07, 6.45) is 5.35. The average Bonchev–Trinajstić information content (AvgIpc) is 2.48. The summed E-state index contributed by atoms with van der Waals surface area (Å²) in [5, 5.41) is 3.53. The van der Waals surface area contributed by atoms with Crippen molar-refractivity contribution in [1.29, 1.82) is 0 Å². The Kier molecular flexibility index (Phi) is 4.57. The summed E-state index contributed by atoms with van der Waals surface area (Å²) in [7, 11) is 0. The molecule has 3 heteroatoms. The number of halogens is 1. The maximum atomic E-state index is 3.58. The van der Waals surface area contributed by atoms with Crippen molar-refractivity contribution in [2.45, 2.75) is 37.6 Å². The first-order valence-corrected chi connectivity index (χ1v) is 8.32. The van der Waals surface area contributed by atoms with Gasteiger partial charge < -0.3 is 5.32 Å². The lowest BCUT2D eigenvalue weighted by atomic mass is 9.88. The van der Waals surface area contributed by atoms with E-state index in [2.05, 4.69) is 50.4 Å². The number of nitrogens with one attached hydrogen (secondary N) is 1. The van der Waals surface area contributed by atoms with Crippen molar-refractivity contribution in [3.63, 3.8) is 0 Å². The molecule has 1 unspecified atom stereocenters. The molecule has 0 aliphatic carbocycles. The quantitative estimate of drug-likeness (QED) is 0.898. The first kappa shape index (κ1) is 13.6. The van der Waals surface area contributed by atoms with Crippen LogP contribution in [-0.4, -0.2) is 37.1 Å². The van der Waals surface area contributed by atoms with Crippen molar-refractivity contribution in [3.05, 3.63) is 34.3 Å². The molecule has 2 fully saturated rings. The Labute approximate surface area is 124 Å². The van der Waals surface area contributed by atoms with Gasteiger partial charge in [-0.2, -0.15) is 0 Å². The van der Waals surface area contributed by atoms with E-state index < -0.39 is 0 Å². The van der Waals surface area contributed by atoms with Gasteiger partial charge in [0.1, 0.15) is 0 Å². The summed E-state index contributed by atoms with van der Waals surface area (Å²) >= 11 is 3.58. The van der Waals surface area contributed by atoms with Crippen LogP contribution >= 0.6 is 15.9 Å². The summed E-state index contributed by atoms with van der Waals surface area (Å²) in [6.45, 7) is 4.94. The number of piperidine rings is 2. The highest BCUT2D eigenvalue weighted by Crippen LogP contribution is 2.30. The number of hydrogen-bond donors (Lipinski definition) is 1. The van der Waals surface area contributed by atoms with Gasteiger partial charge in [-0.3, -0.25) is 4.90 Å². The van der Waals surface area contributed by atoms with Gasteiger partial charge in [-0.1, -0.05) is 28.1 Å². The van der Waals surface area contributed by atoms with Gasteiger partial charge in [-0.15, -0.1) is 0 Å². The molecule has 0 aromatic heterocycles. The molecule has 0 saturated carbocycles. The molecule has 1 N–H and O–H groups in total. The van der Waals surface area contributed by atoms with E-state index in [0.29, 0.717) is 0 Å². The maximum Gasteiger partial charge on any atom is 0.0221 e. The van der Waals surface area contributed by atoms with Crippen molar-refractivity contribution in [2.24, 2.45) is 0 Å². The Morgan fingerprint density at radius 1 is 1.16 bits per heavy atom. The lowest BCUT2D eigenvalue weighted by molar-refractivity contribution is 0.130. The fourth-order valence-electron chi connectivity index (χ4n) is 3.50. The Morgan fingerprint density at radius 2 is 2.00 bits per heavy atom. The molecule has 19 heavy (non-hydrogen) atoms. The van der Waals surface area contributed by atoms with Crippen molar-refractivity contribution in [2.75, 3.05) is 26.2 Å². The summed E-state index contributed by atoms with van der Waals surface area (Å²) in [5.41, 5.74) is 1.51. The number of nitrogens with zero attached hydrogens (tertiary/aromatic N) is 1. The standard InChI is InChI=1S/C16H23BrN2/c17-15-4-1-3-14(11-15)13-6-9-19(10-7-13)16-5-2-8-18-12-16/h1,3-4,11,13,16,18H,2,5-10,12H2. The fraction of sp³-hybridized carbons (Fsp3) is 0.625. The first-order valence-electron chi connectivity index (χ1n) is 7.53. The Bertz CT molecular complexity index is 407. The summed E-state index contributed by atoms with van der Waals surface area (Å²) in [4.78, 5) is 2.71. The second kappa shape index (κ2) is 6.38. The second-order valence-electron chi connectivity index (χ2n) is 5.87. The molecule has 1 aromatic rings. The molecule has 2 saturated heterocycles. The summed E-state index contributed by atoms with van der Waals surface area (Å²) in [6, 6.07) is 9.65. The normalized spacial score (nSPS) is 26.5. The van der Waals surface area contributed by atoms with E-state index in [9.17, 15) is 0 Å². The lowest BCUT2D eigenvalue weighted by Crippen LogP contribution is -2.48. The van der Waals surface area contributed by atoms with Gasteiger partial charge in [0.2, 0.25) is 0 Å². The molecule has 0 spiro atoms.